The van der Waals surface area contributed by atoms with E-state index in [2.05, 4.69) is 0 Å². The molecule has 1 aromatic carbocycles. The van der Waals surface area contributed by atoms with Crippen LogP contribution >= 0.6 is 0 Å². The number of esters is 1. The van der Waals surface area contributed by atoms with Gasteiger partial charge in [-0.2, -0.15) is 5.26 Å². The Bertz CT molecular complexity index is 789. The minimum Gasteiger partial charge on any atom is -0.504 e. The monoisotopic (exact) mass is 344 g/mol. The van der Waals surface area contributed by atoms with Gasteiger partial charge in [-0.25, -0.2) is 4.79 Å². The highest BCUT2D eigenvalue weighted by Crippen LogP contribution is 2.41. The molecule has 0 saturated heterocycles. The summed E-state index contributed by atoms with van der Waals surface area (Å²) in [5.74, 6) is -0.932. The van der Waals surface area contributed by atoms with Crippen LogP contribution in [0.1, 0.15) is 32.3 Å². The zero-order valence-corrected chi connectivity index (χ0v) is 14.3. The van der Waals surface area contributed by atoms with Crippen molar-refractivity contribution in [2.75, 3.05) is 13.2 Å². The summed E-state index contributed by atoms with van der Waals surface area (Å²) in [7, 11) is 0. The molecule has 0 bridgehead atoms. The summed E-state index contributed by atoms with van der Waals surface area (Å²) >= 11 is 0. The van der Waals surface area contributed by atoms with Gasteiger partial charge in [0.25, 0.3) is 0 Å². The summed E-state index contributed by atoms with van der Waals surface area (Å²) in [6.07, 6.45) is 0. The third kappa shape index (κ3) is 3.53. The number of allylic oxidation sites excluding steroid dienone is 2. The summed E-state index contributed by atoms with van der Waals surface area (Å²) in [5.41, 5.74) is 6.69. The van der Waals surface area contributed by atoms with E-state index in [0.29, 0.717) is 12.2 Å². The minimum absolute atomic E-state index is 0.0356. The van der Waals surface area contributed by atoms with E-state index in [1.165, 1.54) is 6.07 Å². The van der Waals surface area contributed by atoms with Crippen molar-refractivity contribution in [1.29, 1.82) is 5.26 Å². The molecule has 0 aliphatic carbocycles. The Morgan fingerprint density at radius 3 is 2.72 bits per heavy atom. The minimum atomic E-state index is -0.766. The maximum Gasteiger partial charge on any atom is 0.338 e. The second-order valence-corrected chi connectivity index (χ2v) is 5.28. The van der Waals surface area contributed by atoms with E-state index in [1.54, 1.807) is 32.9 Å². The van der Waals surface area contributed by atoms with E-state index in [0.717, 1.165) is 0 Å². The number of nitrogens with zero attached hydrogens (tertiary/aromatic N) is 1. The number of nitriles is 1. The van der Waals surface area contributed by atoms with Crippen LogP contribution in [0.2, 0.25) is 0 Å². The zero-order valence-electron chi connectivity index (χ0n) is 14.3. The van der Waals surface area contributed by atoms with Gasteiger partial charge in [0.1, 0.15) is 17.4 Å². The number of ether oxygens (including phenoxy) is 3. The molecular formula is C18H20N2O5. The smallest absolute Gasteiger partial charge is 0.338 e. The van der Waals surface area contributed by atoms with Crippen molar-refractivity contribution in [2.45, 2.75) is 26.7 Å². The molecule has 132 valence electrons. The van der Waals surface area contributed by atoms with Crippen molar-refractivity contribution in [2.24, 2.45) is 5.73 Å². The number of carbonyl (C=O) groups is 1. The normalized spacial score (nSPS) is 17.0. The molecule has 3 N–H and O–H groups in total. The summed E-state index contributed by atoms with van der Waals surface area (Å²) in [5, 5.41) is 19.4. The Morgan fingerprint density at radius 1 is 1.40 bits per heavy atom. The highest BCUT2D eigenvalue weighted by Gasteiger charge is 2.36. The number of carbonyl (C=O) groups excluding carboxylic acids is 1. The predicted octanol–water partition coefficient (Wildman–Crippen LogP) is 2.44. The molecule has 7 nitrogen and oxygen atoms in total. The van der Waals surface area contributed by atoms with Gasteiger partial charge in [-0.15, -0.1) is 0 Å². The van der Waals surface area contributed by atoms with Crippen LogP contribution in [0, 0.1) is 11.3 Å². The fourth-order valence-corrected chi connectivity index (χ4v) is 2.67. The van der Waals surface area contributed by atoms with Crippen LogP contribution in [0.5, 0.6) is 11.5 Å². The summed E-state index contributed by atoms with van der Waals surface area (Å²) in [4.78, 5) is 12.4. The molecule has 0 fully saturated rings. The lowest BCUT2D eigenvalue weighted by Gasteiger charge is -2.27. The third-order valence-electron chi connectivity index (χ3n) is 3.72. The molecule has 0 unspecified atom stereocenters. The Balaban J connectivity index is 2.62. The topological polar surface area (TPSA) is 115 Å². The molecule has 0 saturated carbocycles. The number of rotatable bonds is 5. The summed E-state index contributed by atoms with van der Waals surface area (Å²) in [6, 6.07) is 6.62. The molecule has 1 aliphatic heterocycles. The third-order valence-corrected chi connectivity index (χ3v) is 3.72. The highest BCUT2D eigenvalue weighted by atomic mass is 16.5. The number of phenols is 1. The second-order valence-electron chi connectivity index (χ2n) is 5.28. The number of nitrogens with two attached hydrogens (primary N) is 1. The van der Waals surface area contributed by atoms with Gasteiger partial charge in [-0.3, -0.25) is 0 Å². The molecule has 0 aromatic heterocycles. The van der Waals surface area contributed by atoms with Crippen molar-refractivity contribution < 1.29 is 24.1 Å². The highest BCUT2D eigenvalue weighted by molar-refractivity contribution is 5.92. The van der Waals surface area contributed by atoms with Gasteiger partial charge < -0.3 is 25.1 Å². The quantitative estimate of drug-likeness (QED) is 0.788. The van der Waals surface area contributed by atoms with Gasteiger partial charge in [0.2, 0.25) is 5.88 Å². The summed E-state index contributed by atoms with van der Waals surface area (Å²) in [6.45, 7) is 5.60. The van der Waals surface area contributed by atoms with Crippen LogP contribution in [-0.2, 0) is 14.3 Å². The molecule has 1 atom stereocenters. The second kappa shape index (κ2) is 7.62. The van der Waals surface area contributed by atoms with Crippen LogP contribution in [0.15, 0.2) is 41.0 Å². The first kappa shape index (κ1) is 18.2. The Labute approximate surface area is 145 Å². The Morgan fingerprint density at radius 2 is 2.12 bits per heavy atom. The van der Waals surface area contributed by atoms with Gasteiger partial charge in [0, 0.05) is 0 Å². The number of benzene rings is 1. The predicted molar refractivity (Wildman–Crippen MR) is 89.3 cm³/mol. The largest absolute Gasteiger partial charge is 0.504 e. The van der Waals surface area contributed by atoms with Crippen molar-refractivity contribution in [3.8, 4) is 17.6 Å². The molecule has 1 heterocycles. The Hall–Kier alpha value is -3.14. The molecule has 0 spiro atoms. The molecule has 0 amide bonds. The molecule has 0 radical (unpaired) electrons. The van der Waals surface area contributed by atoms with E-state index in [4.69, 9.17) is 19.9 Å². The zero-order chi connectivity index (χ0) is 18.6. The molecule has 1 aromatic rings. The van der Waals surface area contributed by atoms with Crippen molar-refractivity contribution in [3.63, 3.8) is 0 Å². The first-order chi connectivity index (χ1) is 11.9. The van der Waals surface area contributed by atoms with Gasteiger partial charge in [0.05, 0.1) is 24.7 Å². The van der Waals surface area contributed by atoms with E-state index in [9.17, 15) is 15.2 Å². The molecular weight excluding hydrogens is 324 g/mol. The lowest BCUT2D eigenvalue weighted by Crippen LogP contribution is -2.25. The van der Waals surface area contributed by atoms with Crippen LogP contribution in [0.3, 0.4) is 0 Å². The fourth-order valence-electron chi connectivity index (χ4n) is 2.67. The van der Waals surface area contributed by atoms with Crippen LogP contribution in [-0.4, -0.2) is 24.3 Å². The van der Waals surface area contributed by atoms with Crippen molar-refractivity contribution in [3.05, 3.63) is 46.6 Å². The number of phenolic OH excluding ortho intramolecular Hbond substituents is 1. The van der Waals surface area contributed by atoms with Gasteiger partial charge in [0.15, 0.2) is 11.5 Å². The average Bonchev–Trinajstić information content (AvgIpc) is 2.56. The fraction of sp³-hybridized carbons (Fsp3) is 0.333. The summed E-state index contributed by atoms with van der Waals surface area (Å²) < 4.78 is 15.8. The SMILES string of the molecule is CCOC(=O)C1=C(C)OC(N)=C(C#N)[C@H]1c1ccc(O)c(OCC)c1. The molecule has 25 heavy (non-hydrogen) atoms. The van der Waals surface area contributed by atoms with E-state index < -0.39 is 11.9 Å². The van der Waals surface area contributed by atoms with Gasteiger partial charge in [-0.1, -0.05) is 6.07 Å². The van der Waals surface area contributed by atoms with E-state index >= 15 is 0 Å². The van der Waals surface area contributed by atoms with Crippen LogP contribution < -0.4 is 10.5 Å². The number of hydrogen-bond acceptors (Lipinski definition) is 7. The van der Waals surface area contributed by atoms with Crippen LogP contribution in [0.4, 0.5) is 0 Å². The Kier molecular flexibility index (Phi) is 5.55. The first-order valence-electron chi connectivity index (χ1n) is 7.85. The van der Waals surface area contributed by atoms with E-state index in [1.807, 2.05) is 6.07 Å². The van der Waals surface area contributed by atoms with E-state index in [-0.39, 0.29) is 40.9 Å². The lowest BCUT2D eigenvalue weighted by atomic mass is 9.83. The number of aromatic hydroxyl groups is 1. The molecule has 1 aliphatic rings. The lowest BCUT2D eigenvalue weighted by molar-refractivity contribution is -0.139. The molecule has 7 heteroatoms. The first-order valence-corrected chi connectivity index (χ1v) is 7.85. The van der Waals surface area contributed by atoms with Gasteiger partial charge in [-0.05, 0) is 38.5 Å². The van der Waals surface area contributed by atoms with Crippen LogP contribution in [0.25, 0.3) is 0 Å². The number of hydrogen-bond donors (Lipinski definition) is 2. The van der Waals surface area contributed by atoms with Crippen molar-refractivity contribution in [1.82, 2.24) is 0 Å². The van der Waals surface area contributed by atoms with Crippen molar-refractivity contribution >= 4 is 5.97 Å². The maximum absolute atomic E-state index is 12.4. The average molecular weight is 344 g/mol. The van der Waals surface area contributed by atoms with Gasteiger partial charge >= 0.3 is 5.97 Å². The standard InChI is InChI=1S/C18H20N2O5/c1-4-23-14-8-11(6-7-13(14)21)16-12(9-19)17(20)25-10(3)15(16)18(22)24-5-2/h6-8,16,21H,4-5,20H2,1-3H3/t16-/m1/s1. The maximum atomic E-state index is 12.4. The molecule has 2 rings (SSSR count).